The van der Waals surface area contributed by atoms with Gasteiger partial charge >= 0.3 is 0 Å². The molecule has 2 aromatic carbocycles. The number of hydrogen-bond acceptors (Lipinski definition) is 3. The zero-order valence-corrected chi connectivity index (χ0v) is 17.5. The maximum absolute atomic E-state index is 13.7. The fraction of sp³-hybridized carbons (Fsp3) is 0.208. The van der Waals surface area contributed by atoms with Crippen LogP contribution in [0.2, 0.25) is 10.0 Å². The largest absolute Gasteiger partial charge is 0.310 e. The third-order valence-corrected chi connectivity index (χ3v) is 6.80. The molecule has 2 atom stereocenters. The zero-order valence-electron chi connectivity index (χ0n) is 15.9. The maximum Gasteiger partial charge on any atom is 0.237 e. The number of benzene rings is 2. The Morgan fingerprint density at radius 2 is 1.47 bits per heavy atom. The second-order valence-electron chi connectivity index (χ2n) is 7.88. The summed E-state index contributed by atoms with van der Waals surface area (Å²) in [6.07, 6.45) is 2.19. The van der Waals surface area contributed by atoms with Crippen LogP contribution in [0.25, 0.3) is 0 Å². The molecule has 1 amide bonds. The van der Waals surface area contributed by atoms with Gasteiger partial charge in [0.25, 0.3) is 0 Å². The van der Waals surface area contributed by atoms with Gasteiger partial charge in [0.2, 0.25) is 5.91 Å². The summed E-state index contributed by atoms with van der Waals surface area (Å²) in [5.41, 5.74) is 1.58. The minimum Gasteiger partial charge on any atom is -0.310 e. The molecule has 0 radical (unpaired) electrons. The van der Waals surface area contributed by atoms with E-state index in [2.05, 4.69) is 10.3 Å². The Morgan fingerprint density at radius 1 is 0.867 bits per heavy atom. The van der Waals surface area contributed by atoms with Crippen LogP contribution in [-0.4, -0.2) is 16.7 Å². The average Bonchev–Trinajstić information content (AvgIpc) is 3.02. The van der Waals surface area contributed by atoms with Gasteiger partial charge in [-0.15, -0.1) is 0 Å². The number of hydrogen-bond donors (Lipinski definition) is 1. The molecular formula is C24H18Cl2N2O2. The van der Waals surface area contributed by atoms with E-state index in [0.717, 1.165) is 16.7 Å². The van der Waals surface area contributed by atoms with E-state index >= 15 is 0 Å². The number of Topliss-reactive ketones (excluding diaryl/α,β-unsaturated/α-hetero) is 1. The second-order valence-corrected chi connectivity index (χ2v) is 8.76. The van der Waals surface area contributed by atoms with Crippen LogP contribution in [0.15, 0.2) is 66.9 Å². The highest BCUT2D eigenvalue weighted by Gasteiger charge is 2.61. The Morgan fingerprint density at radius 3 is 2.03 bits per heavy atom. The Kier molecular flexibility index (Phi) is 4.64. The summed E-state index contributed by atoms with van der Waals surface area (Å²) >= 11 is 12.6. The van der Waals surface area contributed by atoms with Crippen LogP contribution in [0, 0.1) is 0 Å². The van der Waals surface area contributed by atoms with Crippen molar-refractivity contribution in [3.63, 3.8) is 0 Å². The molecule has 6 heteroatoms. The van der Waals surface area contributed by atoms with Crippen LogP contribution >= 0.6 is 23.2 Å². The zero-order chi connectivity index (χ0) is 20.9. The molecule has 30 heavy (non-hydrogen) atoms. The first-order chi connectivity index (χ1) is 14.5. The van der Waals surface area contributed by atoms with Crippen LogP contribution in [0.1, 0.15) is 41.4 Å². The summed E-state index contributed by atoms with van der Waals surface area (Å²) < 4.78 is 0. The van der Waals surface area contributed by atoms with Crippen molar-refractivity contribution in [1.82, 2.24) is 4.98 Å². The summed E-state index contributed by atoms with van der Waals surface area (Å²) in [4.78, 5) is 31.1. The summed E-state index contributed by atoms with van der Waals surface area (Å²) in [5.74, 6) is -0.214. The van der Waals surface area contributed by atoms with Gasteiger partial charge in [0.05, 0.1) is 5.41 Å². The molecule has 1 aliphatic heterocycles. The number of anilines is 1. The standard InChI is InChI=1S/C24H18Cl2N2O2/c25-16-6-1-4-14(10-16)20-12-18(29)13-21(15-5-2-7-17(26)11-15)24(20)19-8-3-9-27-22(19)28-23(24)30/h1-11,20-21H,12-13H2,(H,27,28,30). The van der Waals surface area contributed by atoms with Gasteiger partial charge < -0.3 is 5.32 Å². The summed E-state index contributed by atoms with van der Waals surface area (Å²) in [5, 5.41) is 4.12. The van der Waals surface area contributed by atoms with E-state index in [0.29, 0.717) is 15.9 Å². The number of amides is 1. The van der Waals surface area contributed by atoms with Gasteiger partial charge in [-0.1, -0.05) is 53.5 Å². The first-order valence-electron chi connectivity index (χ1n) is 9.79. The topological polar surface area (TPSA) is 59.1 Å². The van der Waals surface area contributed by atoms with E-state index in [1.54, 1.807) is 18.3 Å². The molecule has 2 unspecified atom stereocenters. The highest BCUT2D eigenvalue weighted by Crippen LogP contribution is 2.59. The number of nitrogens with one attached hydrogen (secondary N) is 1. The number of pyridine rings is 1. The molecule has 0 saturated heterocycles. The molecule has 1 spiro atoms. The van der Waals surface area contributed by atoms with Crippen molar-refractivity contribution in [1.29, 1.82) is 0 Å². The van der Waals surface area contributed by atoms with Crippen LogP contribution in [0.4, 0.5) is 5.82 Å². The molecule has 2 heterocycles. The Bertz CT molecular complexity index is 1120. The van der Waals surface area contributed by atoms with E-state index in [9.17, 15) is 9.59 Å². The highest BCUT2D eigenvalue weighted by molar-refractivity contribution is 6.31. The van der Waals surface area contributed by atoms with E-state index < -0.39 is 5.41 Å². The van der Waals surface area contributed by atoms with E-state index in [1.165, 1.54) is 0 Å². The van der Waals surface area contributed by atoms with Gasteiger partial charge in [0.1, 0.15) is 11.6 Å². The van der Waals surface area contributed by atoms with Gasteiger partial charge in [-0.25, -0.2) is 4.98 Å². The first-order valence-corrected chi connectivity index (χ1v) is 10.6. The Hall–Kier alpha value is -2.69. The lowest BCUT2D eigenvalue weighted by Gasteiger charge is -2.45. The Balaban J connectivity index is 1.81. The van der Waals surface area contributed by atoms with Gasteiger partial charge in [-0.3, -0.25) is 9.59 Å². The number of halogens is 2. The van der Waals surface area contributed by atoms with Gasteiger partial charge in [-0.2, -0.15) is 0 Å². The molecule has 150 valence electrons. The molecule has 1 aliphatic carbocycles. The van der Waals surface area contributed by atoms with Crippen LogP contribution in [0.5, 0.6) is 0 Å². The number of rotatable bonds is 2. The van der Waals surface area contributed by atoms with Crippen molar-refractivity contribution in [2.45, 2.75) is 30.1 Å². The number of carbonyl (C=O) groups is 2. The number of ketones is 1. The SMILES string of the molecule is O=C1CC(c2cccc(Cl)c2)C2(C(=O)Nc3ncccc32)C(c2cccc(Cl)c2)C1. The molecule has 5 rings (SSSR count). The lowest BCUT2D eigenvalue weighted by molar-refractivity contribution is -0.128. The molecule has 1 saturated carbocycles. The molecular weight excluding hydrogens is 419 g/mol. The number of fused-ring (bicyclic) bond motifs is 2. The minimum absolute atomic E-state index is 0.112. The van der Waals surface area contributed by atoms with Crippen molar-refractivity contribution >= 4 is 40.7 Å². The third-order valence-electron chi connectivity index (χ3n) is 6.33. The summed E-state index contributed by atoms with van der Waals surface area (Å²) in [7, 11) is 0. The molecule has 3 aromatic rings. The van der Waals surface area contributed by atoms with Crippen LogP contribution in [-0.2, 0) is 15.0 Å². The predicted molar refractivity (Wildman–Crippen MR) is 117 cm³/mol. The van der Waals surface area contributed by atoms with Gasteiger partial charge in [0, 0.05) is 46.5 Å². The molecule has 0 bridgehead atoms. The van der Waals surface area contributed by atoms with E-state index in [-0.39, 0.29) is 36.4 Å². The van der Waals surface area contributed by atoms with Crippen LogP contribution in [0.3, 0.4) is 0 Å². The summed E-state index contributed by atoms with van der Waals surface area (Å²) in [6, 6.07) is 18.6. The monoisotopic (exact) mass is 436 g/mol. The fourth-order valence-corrected chi connectivity index (χ4v) is 5.57. The smallest absolute Gasteiger partial charge is 0.237 e. The quantitative estimate of drug-likeness (QED) is 0.575. The van der Waals surface area contributed by atoms with Crippen molar-refractivity contribution in [2.75, 3.05) is 5.32 Å². The van der Waals surface area contributed by atoms with Crippen molar-refractivity contribution in [3.05, 3.63) is 93.6 Å². The minimum atomic E-state index is -0.979. The van der Waals surface area contributed by atoms with Crippen LogP contribution < -0.4 is 5.32 Å². The molecule has 1 N–H and O–H groups in total. The molecule has 1 aromatic heterocycles. The van der Waals surface area contributed by atoms with Crippen molar-refractivity contribution in [3.8, 4) is 0 Å². The van der Waals surface area contributed by atoms with Crippen molar-refractivity contribution in [2.24, 2.45) is 0 Å². The maximum atomic E-state index is 13.7. The predicted octanol–water partition coefficient (Wildman–Crippen LogP) is 5.51. The molecule has 1 fully saturated rings. The fourth-order valence-electron chi connectivity index (χ4n) is 5.18. The Labute approximate surface area is 184 Å². The molecule has 4 nitrogen and oxygen atoms in total. The first kappa shape index (κ1) is 19.3. The highest BCUT2D eigenvalue weighted by atomic mass is 35.5. The number of aromatic nitrogens is 1. The van der Waals surface area contributed by atoms with Gasteiger partial charge in [0.15, 0.2) is 0 Å². The van der Waals surface area contributed by atoms with Crippen molar-refractivity contribution < 1.29 is 9.59 Å². The van der Waals surface area contributed by atoms with E-state index in [1.807, 2.05) is 48.5 Å². The second kappa shape index (κ2) is 7.22. The average molecular weight is 437 g/mol. The third kappa shape index (κ3) is 2.86. The normalized spacial score (nSPS) is 25.3. The van der Waals surface area contributed by atoms with Gasteiger partial charge in [-0.05, 0) is 41.5 Å². The lowest BCUT2D eigenvalue weighted by Crippen LogP contribution is -2.50. The summed E-state index contributed by atoms with van der Waals surface area (Å²) in [6.45, 7) is 0. The number of carbonyl (C=O) groups excluding carboxylic acids is 2. The number of nitrogens with zero attached hydrogens (tertiary/aromatic N) is 1. The molecule has 2 aliphatic rings. The lowest BCUT2D eigenvalue weighted by atomic mass is 9.54. The van der Waals surface area contributed by atoms with E-state index in [4.69, 9.17) is 23.2 Å².